The Morgan fingerprint density at radius 2 is 1.88 bits per heavy atom. The fraction of sp³-hybridized carbons (Fsp3) is 0.364. The van der Waals surface area contributed by atoms with Gasteiger partial charge in [-0.15, -0.1) is 0 Å². The van der Waals surface area contributed by atoms with Crippen LogP contribution < -0.4 is 4.72 Å². The molecule has 1 unspecified atom stereocenters. The van der Waals surface area contributed by atoms with Gasteiger partial charge in [0.05, 0.1) is 6.26 Å². The molecule has 16 heavy (non-hydrogen) atoms. The van der Waals surface area contributed by atoms with Crippen molar-refractivity contribution in [1.29, 1.82) is 0 Å². The van der Waals surface area contributed by atoms with Gasteiger partial charge < -0.3 is 4.79 Å². The summed E-state index contributed by atoms with van der Waals surface area (Å²) < 4.78 is 24.3. The lowest BCUT2D eigenvalue weighted by Gasteiger charge is -2.09. The van der Waals surface area contributed by atoms with E-state index >= 15 is 0 Å². The molecule has 0 aliphatic carbocycles. The van der Waals surface area contributed by atoms with E-state index in [-0.39, 0.29) is 5.92 Å². The fourth-order valence-electron chi connectivity index (χ4n) is 1.42. The highest BCUT2D eigenvalue weighted by molar-refractivity contribution is 7.92. The maximum Gasteiger partial charge on any atom is 0.229 e. The normalized spacial score (nSPS) is 13.1. The number of nitrogens with one attached hydrogen (secondary N) is 1. The van der Waals surface area contributed by atoms with Crippen LogP contribution in [-0.4, -0.2) is 21.0 Å². The van der Waals surface area contributed by atoms with Crippen LogP contribution in [0.25, 0.3) is 0 Å². The Balaban J connectivity index is 2.86. The molecule has 1 rings (SSSR count). The Kier molecular flexibility index (Phi) is 4.06. The third kappa shape index (κ3) is 3.66. The van der Waals surface area contributed by atoms with Crippen molar-refractivity contribution in [3.05, 3.63) is 29.8 Å². The second-order valence-corrected chi connectivity index (χ2v) is 5.40. The van der Waals surface area contributed by atoms with Crippen LogP contribution in [0.5, 0.6) is 0 Å². The Hall–Kier alpha value is -1.36. The molecule has 0 amide bonds. The summed E-state index contributed by atoms with van der Waals surface area (Å²) in [4.78, 5) is 10.7. The third-order valence-electron chi connectivity index (χ3n) is 2.25. The highest BCUT2D eigenvalue weighted by Gasteiger charge is 2.08. The van der Waals surface area contributed by atoms with Crippen LogP contribution in [-0.2, 0) is 14.8 Å². The molecule has 1 aromatic carbocycles. The topological polar surface area (TPSA) is 63.2 Å². The van der Waals surface area contributed by atoms with Crippen LogP contribution in [0.1, 0.15) is 24.8 Å². The van der Waals surface area contributed by atoms with Crippen LogP contribution in [0.2, 0.25) is 0 Å². The number of hydrogen-bond acceptors (Lipinski definition) is 3. The first-order chi connectivity index (χ1) is 7.46. The molecule has 0 saturated carbocycles. The molecular weight excluding hydrogens is 226 g/mol. The number of carbonyl (C=O) groups is 1. The standard InChI is InChI=1S/C11H15NO3S/c1-3-9(8-13)10-4-6-11(7-5-10)12-16(2,14)15/h4-9,12H,3H2,1-2H3. The average Bonchev–Trinajstić information content (AvgIpc) is 2.20. The molecule has 1 N–H and O–H groups in total. The van der Waals surface area contributed by atoms with E-state index < -0.39 is 10.0 Å². The number of benzene rings is 1. The summed E-state index contributed by atoms with van der Waals surface area (Å²) in [5, 5.41) is 0. The van der Waals surface area contributed by atoms with Crippen molar-refractivity contribution in [1.82, 2.24) is 0 Å². The van der Waals surface area contributed by atoms with Gasteiger partial charge in [0.2, 0.25) is 10.0 Å². The molecule has 1 atom stereocenters. The zero-order valence-corrected chi connectivity index (χ0v) is 10.1. The molecule has 4 nitrogen and oxygen atoms in total. The zero-order chi connectivity index (χ0) is 12.2. The number of anilines is 1. The summed E-state index contributed by atoms with van der Waals surface area (Å²) in [6, 6.07) is 6.83. The SMILES string of the molecule is CCC(C=O)c1ccc(NS(C)(=O)=O)cc1. The minimum absolute atomic E-state index is 0.118. The number of carbonyl (C=O) groups excluding carboxylic acids is 1. The summed E-state index contributed by atoms with van der Waals surface area (Å²) in [5.74, 6) is -0.118. The zero-order valence-electron chi connectivity index (χ0n) is 9.30. The Morgan fingerprint density at radius 1 is 1.31 bits per heavy atom. The molecule has 0 fully saturated rings. The Labute approximate surface area is 95.7 Å². The molecule has 1 aromatic rings. The number of hydrogen-bond donors (Lipinski definition) is 1. The second kappa shape index (κ2) is 5.12. The van der Waals surface area contributed by atoms with Gasteiger partial charge in [-0.1, -0.05) is 19.1 Å². The molecule has 0 aromatic heterocycles. The van der Waals surface area contributed by atoms with Gasteiger partial charge >= 0.3 is 0 Å². The van der Waals surface area contributed by atoms with E-state index in [1.807, 2.05) is 6.92 Å². The maximum atomic E-state index is 11.0. The van der Waals surface area contributed by atoms with Crippen molar-refractivity contribution >= 4 is 22.0 Å². The predicted molar refractivity (Wildman–Crippen MR) is 64.0 cm³/mol. The van der Waals surface area contributed by atoms with Gasteiger partial charge in [-0.2, -0.15) is 0 Å². The van der Waals surface area contributed by atoms with E-state index in [0.29, 0.717) is 5.69 Å². The molecule has 88 valence electrons. The minimum atomic E-state index is -3.24. The molecule has 0 saturated heterocycles. The number of sulfonamides is 1. The highest BCUT2D eigenvalue weighted by atomic mass is 32.2. The van der Waals surface area contributed by atoms with E-state index in [1.165, 1.54) is 0 Å². The molecule has 0 aliphatic heterocycles. The monoisotopic (exact) mass is 241 g/mol. The highest BCUT2D eigenvalue weighted by Crippen LogP contribution is 2.19. The van der Waals surface area contributed by atoms with Gasteiger partial charge in [-0.05, 0) is 24.1 Å². The lowest BCUT2D eigenvalue weighted by atomic mass is 9.98. The van der Waals surface area contributed by atoms with E-state index in [2.05, 4.69) is 4.72 Å². The van der Waals surface area contributed by atoms with Crippen LogP contribution >= 0.6 is 0 Å². The molecular formula is C11H15NO3S. The van der Waals surface area contributed by atoms with Crippen molar-refractivity contribution in [3.63, 3.8) is 0 Å². The minimum Gasteiger partial charge on any atom is -0.303 e. The van der Waals surface area contributed by atoms with E-state index in [9.17, 15) is 13.2 Å². The Bertz CT molecular complexity index is 451. The molecule has 5 heteroatoms. The van der Waals surface area contributed by atoms with Crippen molar-refractivity contribution in [2.24, 2.45) is 0 Å². The van der Waals surface area contributed by atoms with Crippen LogP contribution in [0, 0.1) is 0 Å². The van der Waals surface area contributed by atoms with Crippen molar-refractivity contribution < 1.29 is 13.2 Å². The van der Waals surface area contributed by atoms with Gasteiger partial charge in [0.25, 0.3) is 0 Å². The van der Waals surface area contributed by atoms with E-state index in [4.69, 9.17) is 0 Å². The summed E-state index contributed by atoms with van der Waals surface area (Å²) in [7, 11) is -3.24. The molecule has 0 radical (unpaired) electrons. The smallest absolute Gasteiger partial charge is 0.229 e. The van der Waals surface area contributed by atoms with E-state index in [1.54, 1.807) is 24.3 Å². The van der Waals surface area contributed by atoms with Crippen molar-refractivity contribution in [3.8, 4) is 0 Å². The van der Waals surface area contributed by atoms with Crippen LogP contribution in [0.3, 0.4) is 0 Å². The summed E-state index contributed by atoms with van der Waals surface area (Å²) in [6.07, 6.45) is 2.74. The number of rotatable bonds is 5. The first-order valence-electron chi connectivity index (χ1n) is 4.99. The van der Waals surface area contributed by atoms with Gasteiger partial charge in [0.15, 0.2) is 0 Å². The largest absolute Gasteiger partial charge is 0.303 e. The lowest BCUT2D eigenvalue weighted by molar-refractivity contribution is -0.109. The van der Waals surface area contributed by atoms with Gasteiger partial charge in [0.1, 0.15) is 6.29 Å². The molecule has 0 heterocycles. The summed E-state index contributed by atoms with van der Waals surface area (Å²) >= 11 is 0. The first-order valence-corrected chi connectivity index (χ1v) is 6.88. The van der Waals surface area contributed by atoms with Crippen molar-refractivity contribution in [2.45, 2.75) is 19.3 Å². The van der Waals surface area contributed by atoms with Crippen molar-refractivity contribution in [2.75, 3.05) is 11.0 Å². The third-order valence-corrected chi connectivity index (χ3v) is 2.85. The maximum absolute atomic E-state index is 11.0. The van der Waals surface area contributed by atoms with Gasteiger partial charge in [0, 0.05) is 11.6 Å². The fourth-order valence-corrected chi connectivity index (χ4v) is 1.99. The van der Waals surface area contributed by atoms with Crippen LogP contribution in [0.15, 0.2) is 24.3 Å². The molecule has 0 bridgehead atoms. The Morgan fingerprint density at radius 3 is 2.25 bits per heavy atom. The number of aldehydes is 1. The molecule has 0 spiro atoms. The second-order valence-electron chi connectivity index (χ2n) is 3.65. The van der Waals surface area contributed by atoms with E-state index in [0.717, 1.165) is 24.5 Å². The molecule has 0 aliphatic rings. The summed E-state index contributed by atoms with van der Waals surface area (Å²) in [6.45, 7) is 1.93. The quantitative estimate of drug-likeness (QED) is 0.799. The predicted octanol–water partition coefficient (Wildman–Crippen LogP) is 1.75. The lowest BCUT2D eigenvalue weighted by Crippen LogP contribution is -2.09. The van der Waals surface area contributed by atoms with Crippen LogP contribution in [0.4, 0.5) is 5.69 Å². The van der Waals surface area contributed by atoms with Gasteiger partial charge in [-0.3, -0.25) is 4.72 Å². The summed E-state index contributed by atoms with van der Waals surface area (Å²) in [5.41, 5.74) is 1.41. The first kappa shape index (κ1) is 12.7. The average molecular weight is 241 g/mol. The van der Waals surface area contributed by atoms with Gasteiger partial charge in [-0.25, -0.2) is 8.42 Å².